The van der Waals surface area contributed by atoms with Gasteiger partial charge in [-0.05, 0) is 25.5 Å². The van der Waals surface area contributed by atoms with Crippen molar-refractivity contribution >= 4 is 5.91 Å². The molecule has 0 spiro atoms. The van der Waals surface area contributed by atoms with Crippen molar-refractivity contribution in [3.63, 3.8) is 0 Å². The van der Waals surface area contributed by atoms with Crippen molar-refractivity contribution in [2.45, 2.75) is 45.8 Å². The molecule has 1 rings (SSSR count). The van der Waals surface area contributed by atoms with Gasteiger partial charge >= 0.3 is 0 Å². The van der Waals surface area contributed by atoms with Crippen LogP contribution in [0.15, 0.2) is 18.2 Å². The first-order valence-corrected chi connectivity index (χ1v) is 7.34. The van der Waals surface area contributed by atoms with Crippen LogP contribution in [0.5, 0.6) is 11.5 Å². The lowest BCUT2D eigenvalue weighted by atomic mass is 10.2. The van der Waals surface area contributed by atoms with Crippen molar-refractivity contribution in [3.8, 4) is 11.5 Å². The molecule has 2 N–H and O–H groups in total. The Bertz CT molecular complexity index is 448. The van der Waals surface area contributed by atoms with Crippen LogP contribution >= 0.6 is 0 Å². The van der Waals surface area contributed by atoms with E-state index < -0.39 is 6.10 Å². The van der Waals surface area contributed by atoms with E-state index in [-0.39, 0.29) is 12.5 Å². The molecule has 0 saturated carbocycles. The second-order valence-electron chi connectivity index (χ2n) is 4.89. The van der Waals surface area contributed by atoms with Crippen LogP contribution in [0.1, 0.15) is 38.7 Å². The molecule has 0 saturated heterocycles. The largest absolute Gasteiger partial charge is 0.497 e. The van der Waals surface area contributed by atoms with Gasteiger partial charge in [0.05, 0.1) is 13.7 Å². The van der Waals surface area contributed by atoms with Gasteiger partial charge in [0.25, 0.3) is 5.91 Å². The number of methoxy groups -OCH3 is 1. The molecule has 21 heavy (non-hydrogen) atoms. The molecule has 0 fully saturated rings. The van der Waals surface area contributed by atoms with Gasteiger partial charge in [0.1, 0.15) is 11.5 Å². The van der Waals surface area contributed by atoms with Crippen LogP contribution in [0.4, 0.5) is 0 Å². The van der Waals surface area contributed by atoms with Crippen LogP contribution in [-0.4, -0.2) is 30.8 Å². The Morgan fingerprint density at radius 2 is 2.14 bits per heavy atom. The van der Waals surface area contributed by atoms with Crippen molar-refractivity contribution in [1.82, 2.24) is 5.32 Å². The van der Waals surface area contributed by atoms with E-state index in [1.54, 1.807) is 32.2 Å². The number of aliphatic hydroxyl groups excluding tert-OH is 1. The summed E-state index contributed by atoms with van der Waals surface area (Å²) in [6.45, 7) is 4.32. The van der Waals surface area contributed by atoms with Crippen molar-refractivity contribution in [1.29, 1.82) is 0 Å². The van der Waals surface area contributed by atoms with Gasteiger partial charge in [-0.3, -0.25) is 4.79 Å². The molecule has 5 nitrogen and oxygen atoms in total. The highest BCUT2D eigenvalue weighted by Crippen LogP contribution is 2.25. The number of rotatable bonds is 9. The number of ether oxygens (including phenoxy) is 2. The molecule has 0 radical (unpaired) electrons. The molecule has 118 valence electrons. The average Bonchev–Trinajstić information content (AvgIpc) is 2.51. The van der Waals surface area contributed by atoms with E-state index in [4.69, 9.17) is 9.47 Å². The summed E-state index contributed by atoms with van der Waals surface area (Å²) < 4.78 is 10.8. The number of carbonyl (C=O) groups is 1. The van der Waals surface area contributed by atoms with Gasteiger partial charge in [0, 0.05) is 18.2 Å². The van der Waals surface area contributed by atoms with Crippen molar-refractivity contribution in [2.24, 2.45) is 0 Å². The Hall–Kier alpha value is -1.75. The number of unbranched alkanes of at least 4 members (excludes halogenated alkanes) is 2. The van der Waals surface area contributed by atoms with E-state index in [0.29, 0.717) is 23.6 Å². The standard InChI is InChI=1S/C16H25NO4/c1-4-5-6-9-17-16(19)12(2)21-15-10-14(20-3)8-7-13(15)11-18/h7-8,10,12,18H,4-6,9,11H2,1-3H3,(H,17,19). The summed E-state index contributed by atoms with van der Waals surface area (Å²) in [5, 5.41) is 12.2. The molecule has 1 aromatic rings. The summed E-state index contributed by atoms with van der Waals surface area (Å²) in [5.74, 6) is 0.934. The van der Waals surface area contributed by atoms with Gasteiger partial charge in [0.2, 0.25) is 0 Å². The third kappa shape index (κ3) is 5.63. The minimum absolute atomic E-state index is 0.149. The van der Waals surface area contributed by atoms with Crippen LogP contribution in [0, 0.1) is 0 Å². The van der Waals surface area contributed by atoms with Gasteiger partial charge in [-0.1, -0.05) is 19.8 Å². The number of aliphatic hydroxyl groups is 1. The summed E-state index contributed by atoms with van der Waals surface area (Å²) in [6.07, 6.45) is 2.56. The highest BCUT2D eigenvalue weighted by Gasteiger charge is 2.16. The Morgan fingerprint density at radius 3 is 2.76 bits per heavy atom. The van der Waals surface area contributed by atoms with Crippen molar-refractivity contribution < 1.29 is 19.4 Å². The fourth-order valence-electron chi connectivity index (χ4n) is 1.88. The molecule has 0 heterocycles. The maximum absolute atomic E-state index is 11.9. The quantitative estimate of drug-likeness (QED) is 0.686. The topological polar surface area (TPSA) is 67.8 Å². The molecule has 0 aliphatic rings. The summed E-state index contributed by atoms with van der Waals surface area (Å²) in [7, 11) is 1.56. The lowest BCUT2D eigenvalue weighted by molar-refractivity contribution is -0.127. The Kier molecular flexibility index (Phi) is 7.61. The smallest absolute Gasteiger partial charge is 0.260 e. The molecule has 1 unspecified atom stereocenters. The first-order chi connectivity index (χ1) is 10.1. The first kappa shape index (κ1) is 17.3. The number of nitrogens with one attached hydrogen (secondary N) is 1. The van der Waals surface area contributed by atoms with E-state index in [2.05, 4.69) is 12.2 Å². The number of hydrogen-bond donors (Lipinski definition) is 2. The van der Waals surface area contributed by atoms with E-state index in [0.717, 1.165) is 19.3 Å². The molecule has 0 aromatic heterocycles. The van der Waals surface area contributed by atoms with Gasteiger partial charge < -0.3 is 19.9 Å². The normalized spacial score (nSPS) is 11.8. The number of amides is 1. The fourth-order valence-corrected chi connectivity index (χ4v) is 1.88. The Balaban J connectivity index is 2.60. The number of hydrogen-bond acceptors (Lipinski definition) is 4. The molecule has 1 amide bonds. The third-order valence-electron chi connectivity index (χ3n) is 3.20. The minimum Gasteiger partial charge on any atom is -0.497 e. The molecule has 1 atom stereocenters. The maximum atomic E-state index is 11.9. The monoisotopic (exact) mass is 295 g/mol. The van der Waals surface area contributed by atoms with Crippen molar-refractivity contribution in [2.75, 3.05) is 13.7 Å². The summed E-state index contributed by atoms with van der Waals surface area (Å²) in [4.78, 5) is 11.9. The second-order valence-corrected chi connectivity index (χ2v) is 4.89. The van der Waals surface area contributed by atoms with Crippen molar-refractivity contribution in [3.05, 3.63) is 23.8 Å². The first-order valence-electron chi connectivity index (χ1n) is 7.34. The molecular weight excluding hydrogens is 270 g/mol. The van der Waals surface area contributed by atoms with Gasteiger partial charge in [-0.25, -0.2) is 0 Å². The second kappa shape index (κ2) is 9.23. The maximum Gasteiger partial charge on any atom is 0.260 e. The SMILES string of the molecule is CCCCCNC(=O)C(C)Oc1cc(OC)ccc1CO. The highest BCUT2D eigenvalue weighted by atomic mass is 16.5. The van der Waals surface area contributed by atoms with E-state index in [1.165, 1.54) is 0 Å². The molecular formula is C16H25NO4. The van der Waals surface area contributed by atoms with Crippen LogP contribution in [0.25, 0.3) is 0 Å². The zero-order chi connectivity index (χ0) is 15.7. The number of carbonyl (C=O) groups excluding carboxylic acids is 1. The molecule has 0 aliphatic carbocycles. The predicted octanol–water partition coefficient (Wildman–Crippen LogP) is 2.26. The van der Waals surface area contributed by atoms with Crippen LogP contribution in [0.3, 0.4) is 0 Å². The summed E-state index contributed by atoms with van der Waals surface area (Å²) >= 11 is 0. The molecule has 0 bridgehead atoms. The lowest BCUT2D eigenvalue weighted by Crippen LogP contribution is -2.37. The van der Waals surface area contributed by atoms with Crippen LogP contribution in [-0.2, 0) is 11.4 Å². The van der Waals surface area contributed by atoms with Gasteiger partial charge in [-0.2, -0.15) is 0 Å². The summed E-state index contributed by atoms with van der Waals surface area (Å²) in [6, 6.07) is 5.14. The molecule has 5 heteroatoms. The van der Waals surface area contributed by atoms with Crippen LogP contribution in [0.2, 0.25) is 0 Å². The lowest BCUT2D eigenvalue weighted by Gasteiger charge is -2.17. The molecule has 1 aromatic carbocycles. The van der Waals surface area contributed by atoms with E-state index in [1.807, 2.05) is 0 Å². The Morgan fingerprint density at radius 1 is 1.38 bits per heavy atom. The summed E-state index contributed by atoms with van der Waals surface area (Å²) in [5.41, 5.74) is 0.626. The fraction of sp³-hybridized carbons (Fsp3) is 0.562. The third-order valence-corrected chi connectivity index (χ3v) is 3.20. The van der Waals surface area contributed by atoms with Crippen LogP contribution < -0.4 is 14.8 Å². The average molecular weight is 295 g/mol. The molecule has 0 aliphatic heterocycles. The van der Waals surface area contributed by atoms with E-state index in [9.17, 15) is 9.90 Å². The van der Waals surface area contributed by atoms with E-state index >= 15 is 0 Å². The zero-order valence-electron chi connectivity index (χ0n) is 13.0. The Labute approximate surface area is 126 Å². The zero-order valence-corrected chi connectivity index (χ0v) is 13.0. The minimum atomic E-state index is -0.621. The predicted molar refractivity (Wildman–Crippen MR) is 81.5 cm³/mol. The van der Waals surface area contributed by atoms with Gasteiger partial charge in [0.15, 0.2) is 6.10 Å². The highest BCUT2D eigenvalue weighted by molar-refractivity contribution is 5.80. The van der Waals surface area contributed by atoms with Gasteiger partial charge in [-0.15, -0.1) is 0 Å². The number of benzene rings is 1.